The van der Waals surface area contributed by atoms with E-state index in [1.165, 1.54) is 32.4 Å². The summed E-state index contributed by atoms with van der Waals surface area (Å²) in [6, 6.07) is 1.77. The largest absolute Gasteiger partial charge is 0.311 e. The maximum Gasteiger partial charge on any atom is 0.0138 e. The number of likely N-dealkylation sites (tertiary alicyclic amines) is 1. The zero-order valence-electron chi connectivity index (χ0n) is 11.1. The number of nitrogens with one attached hydrogen (secondary N) is 1. The zero-order valence-corrected chi connectivity index (χ0v) is 11.1. The van der Waals surface area contributed by atoms with E-state index in [4.69, 9.17) is 0 Å². The monoisotopic (exact) mass is 234 g/mol. The Morgan fingerprint density at radius 2 is 1.71 bits per heavy atom. The van der Waals surface area contributed by atoms with Gasteiger partial charge in [-0.25, -0.2) is 0 Å². The Labute approximate surface area is 105 Å². The van der Waals surface area contributed by atoms with E-state index in [0.29, 0.717) is 0 Å². The third-order valence-corrected chi connectivity index (χ3v) is 6.12. The van der Waals surface area contributed by atoms with E-state index in [0.717, 1.165) is 35.8 Å². The standard InChI is InChI=1S/C15H26N2/c1-17-7-2-3-12(6-8-17)16-15-13-10-4-5-11(9-10)14(13)15/h10-16H,2-9H2,1H3. The molecular formula is C15H26N2. The molecule has 5 atom stereocenters. The molecule has 1 N–H and O–H groups in total. The van der Waals surface area contributed by atoms with Crippen molar-refractivity contribution < 1.29 is 0 Å². The lowest BCUT2D eigenvalue weighted by molar-refractivity contribution is 0.339. The van der Waals surface area contributed by atoms with Gasteiger partial charge in [0.25, 0.3) is 0 Å². The van der Waals surface area contributed by atoms with Crippen molar-refractivity contribution in [1.82, 2.24) is 10.2 Å². The molecule has 0 amide bonds. The predicted octanol–water partition coefficient (Wildman–Crippen LogP) is 2.10. The first kappa shape index (κ1) is 10.8. The third-order valence-electron chi connectivity index (χ3n) is 6.12. The minimum absolute atomic E-state index is 0.829. The number of fused-ring (bicyclic) bond motifs is 5. The van der Waals surface area contributed by atoms with E-state index in [1.54, 1.807) is 19.3 Å². The lowest BCUT2D eigenvalue weighted by Gasteiger charge is -2.19. The normalized spacial score (nSPS) is 53.5. The highest BCUT2D eigenvalue weighted by molar-refractivity contribution is 5.17. The molecule has 4 rings (SSSR count). The molecule has 2 bridgehead atoms. The Bertz CT molecular complexity index is 287. The summed E-state index contributed by atoms with van der Waals surface area (Å²) in [6.07, 6.45) is 8.87. The van der Waals surface area contributed by atoms with Gasteiger partial charge in [0.05, 0.1) is 0 Å². The van der Waals surface area contributed by atoms with E-state index in [9.17, 15) is 0 Å². The maximum absolute atomic E-state index is 4.03. The van der Waals surface area contributed by atoms with E-state index in [1.807, 2.05) is 0 Å². The molecule has 17 heavy (non-hydrogen) atoms. The SMILES string of the molecule is CN1CCCC(NC2C3C4CCC(C4)C23)CC1. The van der Waals surface area contributed by atoms with Crippen LogP contribution in [0.25, 0.3) is 0 Å². The van der Waals surface area contributed by atoms with Crippen molar-refractivity contribution >= 4 is 0 Å². The molecule has 3 aliphatic carbocycles. The molecule has 0 spiro atoms. The van der Waals surface area contributed by atoms with E-state index < -0.39 is 0 Å². The molecular weight excluding hydrogens is 208 g/mol. The van der Waals surface area contributed by atoms with Gasteiger partial charge in [0.1, 0.15) is 0 Å². The average Bonchev–Trinajstić information content (AvgIpc) is 2.77. The molecule has 1 aliphatic heterocycles. The van der Waals surface area contributed by atoms with Crippen molar-refractivity contribution in [2.24, 2.45) is 23.7 Å². The highest BCUT2D eigenvalue weighted by atomic mass is 15.1. The van der Waals surface area contributed by atoms with Crippen LogP contribution in [0.3, 0.4) is 0 Å². The van der Waals surface area contributed by atoms with Gasteiger partial charge in [-0.3, -0.25) is 0 Å². The van der Waals surface area contributed by atoms with Crippen LogP contribution in [0.2, 0.25) is 0 Å². The summed E-state index contributed by atoms with van der Waals surface area (Å²) in [7, 11) is 2.27. The summed E-state index contributed by atoms with van der Waals surface area (Å²) >= 11 is 0. The van der Waals surface area contributed by atoms with Crippen LogP contribution < -0.4 is 5.32 Å². The lowest BCUT2D eigenvalue weighted by Crippen LogP contribution is -2.35. The number of nitrogens with zero attached hydrogens (tertiary/aromatic N) is 1. The molecule has 96 valence electrons. The summed E-state index contributed by atoms with van der Waals surface area (Å²) in [5, 5.41) is 4.03. The molecule has 0 aromatic rings. The third kappa shape index (κ3) is 1.76. The first-order valence-electron chi connectivity index (χ1n) is 7.77. The minimum atomic E-state index is 0.829. The van der Waals surface area contributed by atoms with Crippen LogP contribution >= 0.6 is 0 Å². The van der Waals surface area contributed by atoms with E-state index in [2.05, 4.69) is 17.3 Å². The molecule has 5 unspecified atom stereocenters. The van der Waals surface area contributed by atoms with Crippen LogP contribution in [0, 0.1) is 23.7 Å². The molecule has 2 heteroatoms. The van der Waals surface area contributed by atoms with Gasteiger partial charge in [-0.2, -0.15) is 0 Å². The molecule has 3 saturated carbocycles. The molecule has 0 radical (unpaired) electrons. The summed E-state index contributed by atoms with van der Waals surface area (Å²) in [5.74, 6) is 4.45. The summed E-state index contributed by atoms with van der Waals surface area (Å²) in [5.41, 5.74) is 0. The first-order valence-corrected chi connectivity index (χ1v) is 7.77. The molecule has 0 aromatic heterocycles. The Morgan fingerprint density at radius 1 is 0.941 bits per heavy atom. The molecule has 1 heterocycles. The van der Waals surface area contributed by atoms with Gasteiger partial charge in [-0.15, -0.1) is 0 Å². The Balaban J connectivity index is 1.34. The first-order chi connectivity index (χ1) is 8.33. The molecule has 0 aromatic carbocycles. The van der Waals surface area contributed by atoms with E-state index in [-0.39, 0.29) is 0 Å². The molecule has 1 saturated heterocycles. The number of hydrogen-bond donors (Lipinski definition) is 1. The van der Waals surface area contributed by atoms with Gasteiger partial charge >= 0.3 is 0 Å². The second kappa shape index (κ2) is 3.96. The smallest absolute Gasteiger partial charge is 0.0138 e. The lowest BCUT2D eigenvalue weighted by atomic mass is 10.0. The summed E-state index contributed by atoms with van der Waals surface area (Å²) in [4.78, 5) is 2.50. The van der Waals surface area contributed by atoms with Crippen LogP contribution in [-0.2, 0) is 0 Å². The highest BCUT2D eigenvalue weighted by Gasteiger charge is 2.64. The number of rotatable bonds is 2. The molecule has 4 fully saturated rings. The Kier molecular flexibility index (Phi) is 2.52. The van der Waals surface area contributed by atoms with Gasteiger partial charge < -0.3 is 10.2 Å². The fourth-order valence-corrected chi connectivity index (χ4v) is 5.23. The fourth-order valence-electron chi connectivity index (χ4n) is 5.23. The van der Waals surface area contributed by atoms with Crippen LogP contribution in [0.1, 0.15) is 38.5 Å². The van der Waals surface area contributed by atoms with Gasteiger partial charge in [-0.1, -0.05) is 0 Å². The van der Waals surface area contributed by atoms with Crippen molar-refractivity contribution in [2.75, 3.05) is 20.1 Å². The maximum atomic E-state index is 4.03. The van der Waals surface area contributed by atoms with Crippen LogP contribution in [0.5, 0.6) is 0 Å². The van der Waals surface area contributed by atoms with Crippen molar-refractivity contribution in [3.05, 3.63) is 0 Å². The van der Waals surface area contributed by atoms with Crippen LogP contribution in [-0.4, -0.2) is 37.1 Å². The molecule has 2 nitrogen and oxygen atoms in total. The van der Waals surface area contributed by atoms with Gasteiger partial charge in [0.2, 0.25) is 0 Å². The average molecular weight is 234 g/mol. The minimum Gasteiger partial charge on any atom is -0.311 e. The molecule has 4 aliphatic rings. The quantitative estimate of drug-likeness (QED) is 0.787. The van der Waals surface area contributed by atoms with Crippen molar-refractivity contribution in [1.29, 1.82) is 0 Å². The predicted molar refractivity (Wildman–Crippen MR) is 69.9 cm³/mol. The fraction of sp³-hybridized carbons (Fsp3) is 1.00. The van der Waals surface area contributed by atoms with Crippen LogP contribution in [0.4, 0.5) is 0 Å². The number of hydrogen-bond acceptors (Lipinski definition) is 2. The van der Waals surface area contributed by atoms with Gasteiger partial charge in [0, 0.05) is 12.1 Å². The topological polar surface area (TPSA) is 15.3 Å². The Morgan fingerprint density at radius 3 is 2.47 bits per heavy atom. The van der Waals surface area contributed by atoms with Gasteiger partial charge in [-0.05, 0) is 82.3 Å². The Hall–Kier alpha value is -0.0800. The highest BCUT2D eigenvalue weighted by Crippen LogP contribution is 2.65. The second-order valence-corrected chi connectivity index (χ2v) is 7.11. The van der Waals surface area contributed by atoms with Crippen molar-refractivity contribution in [2.45, 2.75) is 50.6 Å². The van der Waals surface area contributed by atoms with Crippen molar-refractivity contribution in [3.8, 4) is 0 Å². The van der Waals surface area contributed by atoms with Crippen LogP contribution in [0.15, 0.2) is 0 Å². The van der Waals surface area contributed by atoms with Crippen molar-refractivity contribution in [3.63, 3.8) is 0 Å². The van der Waals surface area contributed by atoms with Gasteiger partial charge in [0.15, 0.2) is 0 Å². The summed E-state index contributed by atoms with van der Waals surface area (Å²) in [6.45, 7) is 2.60. The zero-order chi connectivity index (χ0) is 11.4. The van der Waals surface area contributed by atoms with E-state index >= 15 is 0 Å². The second-order valence-electron chi connectivity index (χ2n) is 7.11. The summed E-state index contributed by atoms with van der Waals surface area (Å²) < 4.78 is 0.